The number of hydrogen-bond acceptors (Lipinski definition) is 7. The van der Waals surface area contributed by atoms with Crippen molar-refractivity contribution in [3.63, 3.8) is 0 Å². The fourth-order valence-corrected chi connectivity index (χ4v) is 3.73. The van der Waals surface area contributed by atoms with E-state index in [0.717, 1.165) is 18.4 Å². The Morgan fingerprint density at radius 3 is 2.66 bits per heavy atom. The van der Waals surface area contributed by atoms with Gasteiger partial charge in [0, 0.05) is 38.1 Å². The second kappa shape index (κ2) is 12.1. The predicted octanol–water partition coefficient (Wildman–Crippen LogP) is 2.70. The van der Waals surface area contributed by atoms with Crippen molar-refractivity contribution in [1.29, 1.82) is 0 Å². The number of primary amides is 1. The van der Waals surface area contributed by atoms with Gasteiger partial charge >= 0.3 is 0 Å². The maximum atomic E-state index is 13.1. The van der Waals surface area contributed by atoms with E-state index in [4.69, 9.17) is 15.2 Å². The quantitative estimate of drug-likeness (QED) is 0.264. The molecule has 0 spiro atoms. The Morgan fingerprint density at radius 1 is 1.17 bits per heavy atom. The molecule has 0 fully saturated rings. The lowest BCUT2D eigenvalue weighted by atomic mass is 10.1. The van der Waals surface area contributed by atoms with Crippen LogP contribution in [-0.2, 0) is 22.6 Å². The van der Waals surface area contributed by atoms with Crippen molar-refractivity contribution in [3.8, 4) is 5.75 Å². The van der Waals surface area contributed by atoms with Gasteiger partial charge in [-0.05, 0) is 38.5 Å². The van der Waals surface area contributed by atoms with E-state index in [-0.39, 0.29) is 11.5 Å². The van der Waals surface area contributed by atoms with Crippen molar-refractivity contribution in [3.05, 3.63) is 35.2 Å². The van der Waals surface area contributed by atoms with Gasteiger partial charge in [0.15, 0.2) is 0 Å². The Hall–Kier alpha value is -3.73. The third-order valence-electron chi connectivity index (χ3n) is 5.27. The van der Waals surface area contributed by atoms with Crippen molar-refractivity contribution < 1.29 is 23.9 Å². The number of fused-ring (bicyclic) bond motifs is 1. The van der Waals surface area contributed by atoms with Crippen LogP contribution in [0.3, 0.4) is 0 Å². The van der Waals surface area contributed by atoms with E-state index < -0.39 is 5.91 Å². The lowest BCUT2D eigenvalue weighted by Crippen LogP contribution is -2.20. The molecule has 0 unspecified atom stereocenters. The Bertz CT molecular complexity index is 1200. The molecule has 0 bridgehead atoms. The molecule has 3 N–H and O–H groups in total. The molecule has 0 atom stereocenters. The molecule has 0 saturated heterocycles. The molecule has 1 aromatic carbocycles. The maximum absolute atomic E-state index is 13.1. The second-order valence-electron chi connectivity index (χ2n) is 8.00. The van der Waals surface area contributed by atoms with Crippen LogP contribution >= 0.6 is 0 Å². The SMILES string of the molecule is CCCn1c(NC(=O)c2cc(C)nn2CC)nc2cc(C(N)=O)cc(OCCCOCCC=O)c21. The largest absolute Gasteiger partial charge is 0.491 e. The Balaban J connectivity index is 1.92. The van der Waals surface area contributed by atoms with E-state index in [1.54, 1.807) is 22.9 Å². The smallest absolute Gasteiger partial charge is 0.276 e. The topological polar surface area (TPSA) is 143 Å². The highest BCUT2D eigenvalue weighted by Crippen LogP contribution is 2.31. The number of nitrogens with one attached hydrogen (secondary N) is 1. The summed E-state index contributed by atoms with van der Waals surface area (Å²) in [5, 5.41) is 7.23. The molecular weight excluding hydrogens is 452 g/mol. The molecule has 0 aliphatic carbocycles. The first-order chi connectivity index (χ1) is 16.9. The number of hydrogen-bond donors (Lipinski definition) is 2. The summed E-state index contributed by atoms with van der Waals surface area (Å²) in [7, 11) is 0. The first-order valence-electron chi connectivity index (χ1n) is 11.7. The third-order valence-corrected chi connectivity index (χ3v) is 5.27. The van der Waals surface area contributed by atoms with Gasteiger partial charge in [0.2, 0.25) is 11.9 Å². The molecule has 3 aromatic rings. The van der Waals surface area contributed by atoms with Gasteiger partial charge in [0.05, 0.1) is 24.4 Å². The number of nitrogens with two attached hydrogens (primary N) is 1. The normalized spacial score (nSPS) is 11.1. The average molecular weight is 485 g/mol. The summed E-state index contributed by atoms with van der Waals surface area (Å²) >= 11 is 0. The van der Waals surface area contributed by atoms with E-state index >= 15 is 0 Å². The number of nitrogens with zero attached hydrogens (tertiary/aromatic N) is 4. The molecule has 3 rings (SSSR count). The van der Waals surface area contributed by atoms with Crippen LogP contribution in [0.4, 0.5) is 5.95 Å². The van der Waals surface area contributed by atoms with Gasteiger partial charge in [-0.1, -0.05) is 6.92 Å². The number of carbonyl (C=O) groups excluding carboxylic acids is 3. The van der Waals surface area contributed by atoms with Crippen LogP contribution in [0.1, 0.15) is 59.7 Å². The van der Waals surface area contributed by atoms with Gasteiger partial charge in [-0.3, -0.25) is 19.6 Å². The van der Waals surface area contributed by atoms with Crippen LogP contribution in [-0.4, -0.2) is 57.3 Å². The molecule has 0 saturated carbocycles. The van der Waals surface area contributed by atoms with E-state index in [2.05, 4.69) is 15.4 Å². The minimum Gasteiger partial charge on any atom is -0.491 e. The predicted molar refractivity (Wildman–Crippen MR) is 131 cm³/mol. The zero-order valence-electron chi connectivity index (χ0n) is 20.4. The Labute approximate surface area is 203 Å². The first kappa shape index (κ1) is 25.9. The standard InChI is InChI=1S/C24H32N6O5/c1-4-8-29-21-18(26-24(29)27-23(33)19-13-16(3)28-30(19)5-2)14-17(22(25)32)15-20(21)35-12-7-11-34-10-6-9-31/h9,13-15H,4-8,10-12H2,1-3H3,(H2,25,32)(H,26,27,33). The molecule has 0 aliphatic heterocycles. The van der Waals surface area contributed by atoms with Gasteiger partial charge in [0.25, 0.3) is 5.91 Å². The lowest BCUT2D eigenvalue weighted by molar-refractivity contribution is -0.108. The molecular formula is C24H32N6O5. The first-order valence-corrected chi connectivity index (χ1v) is 11.7. The van der Waals surface area contributed by atoms with Gasteiger partial charge in [-0.15, -0.1) is 0 Å². The highest BCUT2D eigenvalue weighted by molar-refractivity contribution is 6.04. The van der Waals surface area contributed by atoms with E-state index in [1.165, 1.54) is 0 Å². The van der Waals surface area contributed by atoms with Crippen LogP contribution in [0.15, 0.2) is 18.2 Å². The fourth-order valence-electron chi connectivity index (χ4n) is 3.73. The summed E-state index contributed by atoms with van der Waals surface area (Å²) in [5.41, 5.74) is 8.12. The third kappa shape index (κ3) is 6.24. The zero-order chi connectivity index (χ0) is 25.4. The number of anilines is 1. The summed E-state index contributed by atoms with van der Waals surface area (Å²) < 4.78 is 14.9. The van der Waals surface area contributed by atoms with Crippen molar-refractivity contribution in [1.82, 2.24) is 19.3 Å². The summed E-state index contributed by atoms with van der Waals surface area (Å²) in [5.74, 6) is -0.144. The molecule has 2 amide bonds. The van der Waals surface area contributed by atoms with Crippen LogP contribution < -0.4 is 15.8 Å². The van der Waals surface area contributed by atoms with E-state index in [0.29, 0.717) is 74.2 Å². The highest BCUT2D eigenvalue weighted by Gasteiger charge is 2.21. The number of aldehydes is 1. The second-order valence-corrected chi connectivity index (χ2v) is 8.00. The zero-order valence-corrected chi connectivity index (χ0v) is 20.4. The van der Waals surface area contributed by atoms with E-state index in [1.807, 2.05) is 25.3 Å². The van der Waals surface area contributed by atoms with Crippen molar-refractivity contribution in [2.24, 2.45) is 5.73 Å². The monoisotopic (exact) mass is 484 g/mol. The lowest BCUT2D eigenvalue weighted by Gasteiger charge is -2.13. The average Bonchev–Trinajstić information content (AvgIpc) is 3.38. The van der Waals surface area contributed by atoms with Crippen molar-refractivity contribution in [2.75, 3.05) is 25.1 Å². The fraction of sp³-hybridized carbons (Fsp3) is 0.458. The van der Waals surface area contributed by atoms with Gasteiger partial charge < -0.3 is 24.6 Å². The maximum Gasteiger partial charge on any atom is 0.276 e. The number of aryl methyl sites for hydroxylation is 3. The minimum absolute atomic E-state index is 0.258. The number of aromatic nitrogens is 4. The number of imidazole rings is 1. The van der Waals surface area contributed by atoms with E-state index in [9.17, 15) is 14.4 Å². The number of benzene rings is 1. The molecule has 0 aliphatic rings. The summed E-state index contributed by atoms with van der Waals surface area (Å²) in [4.78, 5) is 40.0. The van der Waals surface area contributed by atoms with Crippen LogP contribution in [0.5, 0.6) is 5.75 Å². The number of amides is 2. The van der Waals surface area contributed by atoms with Crippen LogP contribution in [0.2, 0.25) is 0 Å². The summed E-state index contributed by atoms with van der Waals surface area (Å²) in [6, 6.07) is 4.91. The molecule has 2 heterocycles. The molecule has 188 valence electrons. The van der Waals surface area contributed by atoms with Crippen molar-refractivity contribution >= 4 is 35.1 Å². The number of carbonyl (C=O) groups is 3. The summed E-state index contributed by atoms with van der Waals surface area (Å²) in [6.45, 7) is 8.02. The van der Waals surface area contributed by atoms with Crippen LogP contribution in [0.25, 0.3) is 11.0 Å². The van der Waals surface area contributed by atoms with Crippen LogP contribution in [0, 0.1) is 6.92 Å². The molecule has 11 heteroatoms. The number of rotatable bonds is 14. The Morgan fingerprint density at radius 2 is 1.97 bits per heavy atom. The molecule has 11 nitrogen and oxygen atoms in total. The molecule has 35 heavy (non-hydrogen) atoms. The Kier molecular flexibility index (Phi) is 8.96. The van der Waals surface area contributed by atoms with Gasteiger partial charge in [-0.2, -0.15) is 5.10 Å². The van der Waals surface area contributed by atoms with Crippen molar-refractivity contribution in [2.45, 2.75) is 53.1 Å². The number of ether oxygens (including phenoxy) is 2. The highest BCUT2D eigenvalue weighted by atomic mass is 16.5. The summed E-state index contributed by atoms with van der Waals surface area (Å²) in [6.07, 6.45) is 2.53. The minimum atomic E-state index is -0.605. The van der Waals surface area contributed by atoms with Gasteiger partial charge in [0.1, 0.15) is 23.2 Å². The molecule has 2 aromatic heterocycles. The van der Waals surface area contributed by atoms with Gasteiger partial charge in [-0.25, -0.2) is 4.98 Å². The molecule has 0 radical (unpaired) electrons.